The normalized spacial score (nSPS) is 11.3. The number of amidine groups is 4. The highest BCUT2D eigenvalue weighted by atomic mass is 79.9. The lowest BCUT2D eigenvalue weighted by Gasteiger charge is -2.34. The average molecular weight is 712 g/mol. The summed E-state index contributed by atoms with van der Waals surface area (Å²) in [5.41, 5.74) is 22.3. The second kappa shape index (κ2) is 9.24. The maximum atomic E-state index is 10.7. The summed E-state index contributed by atoms with van der Waals surface area (Å²) < 4.78 is 0.981. The summed E-state index contributed by atoms with van der Waals surface area (Å²) in [6, 6.07) is 0. The molecule has 0 fully saturated rings. The van der Waals surface area contributed by atoms with Crippen LogP contribution in [0.1, 0.15) is 47.2 Å². The largest absolute Gasteiger partial charge is 0.506 e. The van der Waals surface area contributed by atoms with Crippen LogP contribution in [0.2, 0.25) is 0 Å². The van der Waals surface area contributed by atoms with Crippen molar-refractivity contribution in [1.82, 2.24) is 0 Å². The van der Waals surface area contributed by atoms with E-state index in [0.717, 1.165) is 0 Å². The van der Waals surface area contributed by atoms with E-state index < -0.39 is 40.3 Å². The van der Waals surface area contributed by atoms with Crippen molar-refractivity contribution in [3.63, 3.8) is 0 Å². The third-order valence-corrected chi connectivity index (χ3v) is 8.20. The zero-order chi connectivity index (χ0) is 25.7. The Bertz CT molecular complexity index is 1100. The molecule has 14 heteroatoms. The number of halogens is 4. The summed E-state index contributed by atoms with van der Waals surface area (Å²) in [4.78, 5) is 0. The summed E-state index contributed by atoms with van der Waals surface area (Å²) in [7, 11) is 0. The van der Waals surface area contributed by atoms with Crippen LogP contribution in [0.15, 0.2) is 17.9 Å². The minimum absolute atomic E-state index is 0.0731. The van der Waals surface area contributed by atoms with Gasteiger partial charge in [0.15, 0.2) is 0 Å². The van der Waals surface area contributed by atoms with Gasteiger partial charge < -0.3 is 33.1 Å². The van der Waals surface area contributed by atoms with Crippen molar-refractivity contribution in [2.75, 3.05) is 0 Å². The van der Waals surface area contributed by atoms with Crippen molar-refractivity contribution in [2.24, 2.45) is 22.9 Å². The number of benzene rings is 2. The molecule has 0 aliphatic carbocycles. The highest BCUT2D eigenvalue weighted by molar-refractivity contribution is 9.11. The number of hydrogen-bond acceptors (Lipinski definition) is 6. The molecule has 0 saturated carbocycles. The van der Waals surface area contributed by atoms with Crippen molar-refractivity contribution >= 4 is 87.1 Å². The molecular formula is C19H20Br4N8O2. The van der Waals surface area contributed by atoms with Gasteiger partial charge in [0.25, 0.3) is 0 Å². The van der Waals surface area contributed by atoms with Crippen LogP contribution in [0, 0.1) is 21.6 Å². The van der Waals surface area contributed by atoms with Crippen LogP contribution < -0.4 is 22.9 Å². The Kier molecular flexibility index (Phi) is 7.58. The molecule has 0 bridgehead atoms. The number of hydrogen-bond donors (Lipinski definition) is 10. The van der Waals surface area contributed by atoms with Crippen LogP contribution in [0.5, 0.6) is 11.5 Å². The van der Waals surface area contributed by atoms with Gasteiger partial charge in [0.05, 0.1) is 22.3 Å². The predicted molar refractivity (Wildman–Crippen MR) is 143 cm³/mol. The molecule has 2 rings (SSSR count). The van der Waals surface area contributed by atoms with Crippen LogP contribution >= 0.6 is 63.7 Å². The van der Waals surface area contributed by atoms with E-state index in [4.69, 9.17) is 44.6 Å². The fourth-order valence-electron chi connectivity index (χ4n) is 3.56. The molecule has 176 valence electrons. The first-order chi connectivity index (χ1) is 15.0. The fourth-order valence-corrected chi connectivity index (χ4v) is 8.48. The standard InChI is InChI=1S/C19H20Br4N8O2/c1-19(2,7-9(20)3(15(24)25)13(32)4(10(7)21)16(26)27)8-11(22)5(17(28)29)14(33)6(12(8)23)18(30)31/h32-33H,1-2H3,(H3,24,25)(H3,26,27)(H3,28,29)(H3,30,31). The minimum atomic E-state index is -1.08. The molecule has 0 aliphatic heterocycles. The summed E-state index contributed by atoms with van der Waals surface area (Å²) in [6.45, 7) is 3.52. The molecule has 2 aromatic carbocycles. The van der Waals surface area contributed by atoms with Gasteiger partial charge in [-0.15, -0.1) is 0 Å². The number of nitrogen functional groups attached to an aromatic ring is 4. The molecule has 0 atom stereocenters. The SMILES string of the molecule is CC(C)(c1c(Br)c(C(=N)N)c(O)c(C(=N)N)c1Br)c1c(Br)c(C(=N)N)c(O)c(C(=N)N)c1Br. The Balaban J connectivity index is 3.21. The highest BCUT2D eigenvalue weighted by Gasteiger charge is 2.39. The molecular weight excluding hydrogens is 692 g/mol. The zero-order valence-electron chi connectivity index (χ0n) is 17.2. The minimum Gasteiger partial charge on any atom is -0.506 e. The third kappa shape index (κ3) is 4.24. The summed E-state index contributed by atoms with van der Waals surface area (Å²) >= 11 is 13.7. The molecule has 10 nitrogen and oxygen atoms in total. The topological polar surface area (TPSA) is 240 Å². The Morgan fingerprint density at radius 1 is 0.576 bits per heavy atom. The van der Waals surface area contributed by atoms with Crippen molar-refractivity contribution in [2.45, 2.75) is 19.3 Å². The number of nitrogens with one attached hydrogen (secondary N) is 4. The van der Waals surface area contributed by atoms with Gasteiger partial charge in [-0.2, -0.15) is 0 Å². The molecule has 0 aliphatic rings. The second-order valence-corrected chi connectivity index (χ2v) is 10.7. The molecule has 0 saturated heterocycles. The lowest BCUT2D eigenvalue weighted by molar-refractivity contribution is 0.469. The smallest absolute Gasteiger partial charge is 0.139 e. The van der Waals surface area contributed by atoms with Crippen molar-refractivity contribution < 1.29 is 10.2 Å². The maximum absolute atomic E-state index is 10.7. The number of phenolic OH excluding ortho intramolecular Hbond substituents is 2. The van der Waals surface area contributed by atoms with Gasteiger partial charge in [-0.3, -0.25) is 21.6 Å². The average Bonchev–Trinajstić information content (AvgIpc) is 2.58. The van der Waals surface area contributed by atoms with Crippen molar-refractivity contribution in [3.8, 4) is 11.5 Å². The highest BCUT2D eigenvalue weighted by Crippen LogP contribution is 2.52. The van der Waals surface area contributed by atoms with E-state index in [-0.39, 0.29) is 40.1 Å². The van der Waals surface area contributed by atoms with Gasteiger partial charge in [-0.1, -0.05) is 13.8 Å². The van der Waals surface area contributed by atoms with Crippen LogP contribution in [-0.4, -0.2) is 33.6 Å². The van der Waals surface area contributed by atoms with E-state index in [1.54, 1.807) is 13.8 Å². The first-order valence-electron chi connectivity index (χ1n) is 8.86. The lowest BCUT2D eigenvalue weighted by Crippen LogP contribution is -2.28. The van der Waals surface area contributed by atoms with Gasteiger partial charge in [0, 0.05) is 23.3 Å². The Hall–Kier alpha value is -2.16. The quantitative estimate of drug-likeness (QED) is 0.158. The van der Waals surface area contributed by atoms with E-state index in [2.05, 4.69) is 63.7 Å². The number of aromatic hydroxyl groups is 2. The fraction of sp³-hybridized carbons (Fsp3) is 0.158. The summed E-state index contributed by atoms with van der Waals surface area (Å²) in [5.74, 6) is -2.78. The third-order valence-electron chi connectivity index (χ3n) is 5.03. The van der Waals surface area contributed by atoms with E-state index >= 15 is 0 Å². The monoisotopic (exact) mass is 708 g/mol. The molecule has 0 spiro atoms. The Morgan fingerprint density at radius 3 is 0.909 bits per heavy atom. The van der Waals surface area contributed by atoms with Crippen LogP contribution in [0.4, 0.5) is 0 Å². The van der Waals surface area contributed by atoms with Crippen LogP contribution in [0.3, 0.4) is 0 Å². The van der Waals surface area contributed by atoms with E-state index in [1.807, 2.05) is 0 Å². The maximum Gasteiger partial charge on any atom is 0.139 e. The van der Waals surface area contributed by atoms with Crippen LogP contribution in [0.25, 0.3) is 0 Å². The van der Waals surface area contributed by atoms with Gasteiger partial charge in [-0.25, -0.2) is 0 Å². The molecule has 0 heterocycles. The molecule has 2 aromatic rings. The molecule has 0 radical (unpaired) electrons. The lowest BCUT2D eigenvalue weighted by atomic mass is 9.75. The second-order valence-electron chi connectivity index (χ2n) is 7.48. The first kappa shape index (κ1) is 27.1. The van der Waals surface area contributed by atoms with Gasteiger partial charge >= 0.3 is 0 Å². The molecule has 0 amide bonds. The van der Waals surface area contributed by atoms with Crippen molar-refractivity contribution in [1.29, 1.82) is 21.6 Å². The van der Waals surface area contributed by atoms with Gasteiger partial charge in [-0.05, 0) is 74.8 Å². The van der Waals surface area contributed by atoms with E-state index in [1.165, 1.54) is 0 Å². The number of phenols is 2. The summed E-state index contributed by atoms with van der Waals surface area (Å²) in [5, 5.41) is 53.2. The predicted octanol–water partition coefficient (Wildman–Crippen LogP) is 3.61. The molecule has 33 heavy (non-hydrogen) atoms. The Labute approximate surface area is 222 Å². The van der Waals surface area contributed by atoms with Crippen molar-refractivity contribution in [3.05, 3.63) is 51.3 Å². The van der Waals surface area contributed by atoms with Gasteiger partial charge in [0.1, 0.15) is 34.8 Å². The van der Waals surface area contributed by atoms with E-state index in [0.29, 0.717) is 11.1 Å². The Morgan fingerprint density at radius 2 is 0.758 bits per heavy atom. The number of rotatable bonds is 6. The number of nitrogens with two attached hydrogens (primary N) is 4. The van der Waals surface area contributed by atoms with Crippen LogP contribution in [-0.2, 0) is 5.41 Å². The van der Waals surface area contributed by atoms with E-state index in [9.17, 15) is 10.2 Å². The molecule has 0 unspecified atom stereocenters. The molecule has 0 aromatic heterocycles. The molecule has 14 N–H and O–H groups in total. The zero-order valence-corrected chi connectivity index (χ0v) is 23.6. The van der Waals surface area contributed by atoms with Gasteiger partial charge in [0.2, 0.25) is 0 Å². The summed E-state index contributed by atoms with van der Waals surface area (Å²) in [6.07, 6.45) is 0. The first-order valence-corrected chi connectivity index (χ1v) is 12.0.